The van der Waals surface area contributed by atoms with Gasteiger partial charge in [-0.15, -0.1) is 0 Å². The average molecular weight is 265 g/mol. The molecule has 1 aliphatic heterocycles. The summed E-state index contributed by atoms with van der Waals surface area (Å²) in [6.45, 7) is 2.08. The highest BCUT2D eigenvalue weighted by atomic mass is 19.1. The van der Waals surface area contributed by atoms with Gasteiger partial charge in [0.25, 0.3) is 0 Å². The van der Waals surface area contributed by atoms with E-state index in [1.165, 1.54) is 12.1 Å². The van der Waals surface area contributed by atoms with Crippen LogP contribution in [-0.4, -0.2) is 24.4 Å². The maximum absolute atomic E-state index is 13.2. The van der Waals surface area contributed by atoms with Gasteiger partial charge in [0, 0.05) is 12.2 Å². The van der Waals surface area contributed by atoms with Crippen LogP contribution in [0.1, 0.15) is 18.9 Å². The highest BCUT2D eigenvalue weighted by molar-refractivity contribution is 6.04. The molecule has 5 nitrogen and oxygen atoms in total. The Morgan fingerprint density at radius 3 is 2.84 bits per heavy atom. The predicted octanol–water partition coefficient (Wildman–Crippen LogP) is 0.526. The Hall–Kier alpha value is -1.95. The number of hydrogen-bond acceptors (Lipinski definition) is 4. The van der Waals surface area contributed by atoms with Crippen LogP contribution in [0.2, 0.25) is 0 Å². The van der Waals surface area contributed by atoms with Crippen molar-refractivity contribution in [3.8, 4) is 0 Å². The molecule has 0 spiro atoms. The molecule has 1 unspecified atom stereocenters. The Labute approximate surface area is 110 Å². The minimum Gasteiger partial charge on any atom is -0.350 e. The molecule has 1 heterocycles. The van der Waals surface area contributed by atoms with Crippen LogP contribution < -0.4 is 16.0 Å². The van der Waals surface area contributed by atoms with Crippen LogP contribution in [0.15, 0.2) is 18.2 Å². The first-order valence-electron chi connectivity index (χ1n) is 6.15. The molecule has 2 amide bonds. The lowest BCUT2D eigenvalue weighted by molar-refractivity contribution is -0.132. The van der Waals surface area contributed by atoms with Crippen LogP contribution >= 0.6 is 0 Å². The lowest BCUT2D eigenvalue weighted by atomic mass is 10.0. The fraction of sp³-hybridized carbons (Fsp3) is 0.385. The number of nitrogens with zero attached hydrogens (tertiary/aromatic N) is 1. The molecule has 1 aromatic carbocycles. The Morgan fingerprint density at radius 1 is 1.47 bits per heavy atom. The molecule has 0 aromatic heterocycles. The van der Waals surface area contributed by atoms with Crippen molar-refractivity contribution in [3.63, 3.8) is 0 Å². The highest BCUT2D eigenvalue weighted by Gasteiger charge is 2.33. The second kappa shape index (κ2) is 5.36. The summed E-state index contributed by atoms with van der Waals surface area (Å²) in [7, 11) is 0. The molecule has 102 valence electrons. The maximum Gasteiger partial charge on any atom is 0.249 e. The van der Waals surface area contributed by atoms with E-state index >= 15 is 0 Å². The molecule has 1 saturated heterocycles. The molecule has 1 aliphatic rings. The van der Waals surface area contributed by atoms with Crippen molar-refractivity contribution in [3.05, 3.63) is 29.6 Å². The van der Waals surface area contributed by atoms with Crippen molar-refractivity contribution in [1.82, 2.24) is 5.32 Å². The summed E-state index contributed by atoms with van der Waals surface area (Å²) in [6, 6.07) is 3.76. The third-order valence-electron chi connectivity index (χ3n) is 3.21. The number of carbonyl (C=O) groups is 2. The molecule has 0 aliphatic carbocycles. The first kappa shape index (κ1) is 13.5. The maximum atomic E-state index is 13.2. The third kappa shape index (κ3) is 2.58. The van der Waals surface area contributed by atoms with Gasteiger partial charge in [0.2, 0.25) is 11.8 Å². The van der Waals surface area contributed by atoms with E-state index in [1.54, 1.807) is 11.0 Å². The van der Waals surface area contributed by atoms with Crippen molar-refractivity contribution in [2.24, 2.45) is 5.73 Å². The second-order valence-electron chi connectivity index (χ2n) is 4.44. The molecule has 0 saturated carbocycles. The summed E-state index contributed by atoms with van der Waals surface area (Å²) < 4.78 is 13.2. The molecule has 1 atom stereocenters. The van der Waals surface area contributed by atoms with Gasteiger partial charge >= 0.3 is 0 Å². The Kier molecular flexibility index (Phi) is 3.80. The number of halogens is 1. The summed E-state index contributed by atoms with van der Waals surface area (Å²) in [4.78, 5) is 25.0. The van der Waals surface area contributed by atoms with Gasteiger partial charge in [-0.05, 0) is 30.2 Å². The number of rotatable bonds is 3. The van der Waals surface area contributed by atoms with E-state index in [2.05, 4.69) is 5.32 Å². The third-order valence-corrected chi connectivity index (χ3v) is 3.21. The molecule has 19 heavy (non-hydrogen) atoms. The van der Waals surface area contributed by atoms with Gasteiger partial charge in [0.1, 0.15) is 11.9 Å². The first-order chi connectivity index (χ1) is 9.06. The van der Waals surface area contributed by atoms with Crippen LogP contribution in [-0.2, 0) is 16.1 Å². The van der Waals surface area contributed by atoms with Crippen molar-refractivity contribution in [2.75, 3.05) is 11.4 Å². The molecule has 2 rings (SSSR count). The van der Waals surface area contributed by atoms with Crippen LogP contribution in [0.25, 0.3) is 0 Å². The largest absolute Gasteiger partial charge is 0.350 e. The minimum absolute atomic E-state index is 0.0723. The van der Waals surface area contributed by atoms with Gasteiger partial charge in [0.15, 0.2) is 0 Å². The molecule has 3 N–H and O–H groups in total. The fourth-order valence-corrected chi connectivity index (χ4v) is 2.32. The lowest BCUT2D eigenvalue weighted by Gasteiger charge is -2.36. The lowest BCUT2D eigenvalue weighted by Crippen LogP contribution is -2.58. The number of piperazine rings is 1. The number of imide groups is 1. The minimum atomic E-state index is -0.437. The van der Waals surface area contributed by atoms with Gasteiger partial charge in [-0.2, -0.15) is 0 Å². The summed E-state index contributed by atoms with van der Waals surface area (Å²) in [6.07, 6.45) is 0.556. The number of hydrogen-bond donors (Lipinski definition) is 2. The van der Waals surface area contributed by atoms with Crippen molar-refractivity contribution in [1.29, 1.82) is 0 Å². The van der Waals surface area contributed by atoms with E-state index in [1.807, 2.05) is 6.92 Å². The zero-order valence-corrected chi connectivity index (χ0v) is 10.6. The standard InChI is InChI=1S/C13H16FN3O2/c1-2-10-13(19)16-12(18)7-17(10)11-4-3-9(14)5-8(11)6-15/h3-5,10H,2,6-7,15H2,1H3,(H,16,18,19). The molecule has 0 bridgehead atoms. The quantitative estimate of drug-likeness (QED) is 0.782. The number of amides is 2. The van der Waals surface area contributed by atoms with E-state index in [9.17, 15) is 14.0 Å². The van der Waals surface area contributed by atoms with Crippen molar-refractivity contribution in [2.45, 2.75) is 25.9 Å². The Balaban J connectivity index is 2.42. The molecule has 1 fully saturated rings. The number of nitrogens with two attached hydrogens (primary N) is 1. The zero-order chi connectivity index (χ0) is 14.0. The second-order valence-corrected chi connectivity index (χ2v) is 4.44. The van der Waals surface area contributed by atoms with Crippen LogP contribution in [0.5, 0.6) is 0 Å². The summed E-state index contributed by atoms with van der Waals surface area (Å²) in [5, 5.41) is 2.30. The van der Waals surface area contributed by atoms with E-state index < -0.39 is 6.04 Å². The summed E-state index contributed by atoms with van der Waals surface area (Å²) in [5.41, 5.74) is 6.83. The molecular formula is C13H16FN3O2. The van der Waals surface area contributed by atoms with E-state index in [-0.39, 0.29) is 30.7 Å². The molecule has 0 radical (unpaired) electrons. The number of anilines is 1. The van der Waals surface area contributed by atoms with Crippen LogP contribution in [0.3, 0.4) is 0 Å². The van der Waals surface area contributed by atoms with Crippen molar-refractivity contribution >= 4 is 17.5 Å². The topological polar surface area (TPSA) is 75.4 Å². The normalized spacial score (nSPS) is 19.5. The molecule has 1 aromatic rings. The van der Waals surface area contributed by atoms with E-state index in [0.717, 1.165) is 0 Å². The Morgan fingerprint density at radius 2 is 2.21 bits per heavy atom. The number of carbonyl (C=O) groups excluding carboxylic acids is 2. The van der Waals surface area contributed by atoms with Gasteiger partial charge in [0.05, 0.1) is 6.54 Å². The van der Waals surface area contributed by atoms with Crippen LogP contribution in [0.4, 0.5) is 10.1 Å². The van der Waals surface area contributed by atoms with Gasteiger partial charge < -0.3 is 10.6 Å². The number of nitrogens with one attached hydrogen (secondary N) is 1. The van der Waals surface area contributed by atoms with E-state index in [4.69, 9.17) is 5.73 Å². The SMILES string of the molecule is CCC1C(=O)NC(=O)CN1c1ccc(F)cc1CN. The summed E-state index contributed by atoms with van der Waals surface area (Å²) >= 11 is 0. The van der Waals surface area contributed by atoms with E-state index in [0.29, 0.717) is 17.7 Å². The highest BCUT2D eigenvalue weighted by Crippen LogP contribution is 2.25. The van der Waals surface area contributed by atoms with Gasteiger partial charge in [-0.3, -0.25) is 14.9 Å². The average Bonchev–Trinajstić information content (AvgIpc) is 2.37. The van der Waals surface area contributed by atoms with Crippen LogP contribution in [0, 0.1) is 5.82 Å². The van der Waals surface area contributed by atoms with Crippen molar-refractivity contribution < 1.29 is 14.0 Å². The molecule has 6 heteroatoms. The first-order valence-corrected chi connectivity index (χ1v) is 6.15. The Bertz CT molecular complexity index is 519. The number of benzene rings is 1. The van der Waals surface area contributed by atoms with Gasteiger partial charge in [-0.1, -0.05) is 6.92 Å². The monoisotopic (exact) mass is 265 g/mol. The smallest absolute Gasteiger partial charge is 0.249 e. The predicted molar refractivity (Wildman–Crippen MR) is 68.9 cm³/mol. The van der Waals surface area contributed by atoms with Gasteiger partial charge in [-0.25, -0.2) is 4.39 Å². The zero-order valence-electron chi connectivity index (χ0n) is 10.6. The summed E-state index contributed by atoms with van der Waals surface area (Å²) in [5.74, 6) is -1.07. The molecular weight excluding hydrogens is 249 g/mol. The fourth-order valence-electron chi connectivity index (χ4n) is 2.32.